The zero-order chi connectivity index (χ0) is 15.6. The Hall–Kier alpha value is -1.45. The minimum Gasteiger partial charge on any atom is -0.486 e. The van der Waals surface area contributed by atoms with E-state index < -0.39 is 20.7 Å². The highest BCUT2D eigenvalue weighted by Gasteiger charge is 2.18. The van der Waals surface area contributed by atoms with Crippen LogP contribution in [0.1, 0.15) is 12.6 Å². The number of benzene rings is 1. The van der Waals surface area contributed by atoms with Crippen LogP contribution in [-0.2, 0) is 23.2 Å². The molecule has 0 aliphatic rings. The average molecular weight is 378 g/mol. The highest BCUT2D eigenvalue weighted by Crippen LogP contribution is 2.30. The molecule has 0 atom stereocenters. The van der Waals surface area contributed by atoms with Gasteiger partial charge in [-0.1, -0.05) is 0 Å². The SMILES string of the molecule is CCn1cncc1COc1cc(F)c(S(N)(=O)=O)cc1Br. The van der Waals surface area contributed by atoms with E-state index in [-0.39, 0.29) is 12.4 Å². The van der Waals surface area contributed by atoms with Crippen LogP contribution in [0.4, 0.5) is 4.39 Å². The Labute approximate surface area is 129 Å². The van der Waals surface area contributed by atoms with Crippen molar-refractivity contribution in [2.45, 2.75) is 25.0 Å². The van der Waals surface area contributed by atoms with Crippen LogP contribution in [0.25, 0.3) is 0 Å². The van der Waals surface area contributed by atoms with Gasteiger partial charge in [0.2, 0.25) is 10.0 Å². The molecule has 1 aromatic heterocycles. The van der Waals surface area contributed by atoms with E-state index in [1.807, 2.05) is 11.5 Å². The molecule has 9 heteroatoms. The Morgan fingerprint density at radius 3 is 2.81 bits per heavy atom. The number of imidazole rings is 1. The van der Waals surface area contributed by atoms with E-state index in [1.54, 1.807) is 12.5 Å². The van der Waals surface area contributed by atoms with E-state index in [0.717, 1.165) is 24.4 Å². The topological polar surface area (TPSA) is 87.2 Å². The maximum Gasteiger partial charge on any atom is 0.241 e. The molecule has 6 nitrogen and oxygen atoms in total. The largest absolute Gasteiger partial charge is 0.486 e. The van der Waals surface area contributed by atoms with Crippen LogP contribution in [-0.4, -0.2) is 18.0 Å². The number of primary sulfonamides is 1. The first-order valence-corrected chi connectivity index (χ1v) is 8.30. The fourth-order valence-electron chi connectivity index (χ4n) is 1.74. The molecule has 0 unspecified atom stereocenters. The highest BCUT2D eigenvalue weighted by molar-refractivity contribution is 9.10. The van der Waals surface area contributed by atoms with Crippen LogP contribution in [0.5, 0.6) is 5.75 Å². The second-order valence-electron chi connectivity index (χ2n) is 4.22. The summed E-state index contributed by atoms with van der Waals surface area (Å²) in [6.45, 7) is 2.88. The van der Waals surface area contributed by atoms with E-state index in [1.165, 1.54) is 0 Å². The summed E-state index contributed by atoms with van der Waals surface area (Å²) in [5.74, 6) is -0.775. The number of aromatic nitrogens is 2. The fourth-order valence-corrected chi connectivity index (χ4v) is 2.97. The Bertz CT molecular complexity index is 761. The molecule has 21 heavy (non-hydrogen) atoms. The van der Waals surface area contributed by atoms with E-state index in [2.05, 4.69) is 20.9 Å². The van der Waals surface area contributed by atoms with Gasteiger partial charge in [0.25, 0.3) is 0 Å². The summed E-state index contributed by atoms with van der Waals surface area (Å²) < 4.78 is 43.8. The van der Waals surface area contributed by atoms with E-state index in [0.29, 0.717) is 4.47 Å². The molecule has 0 spiro atoms. The molecule has 0 amide bonds. The van der Waals surface area contributed by atoms with Crippen LogP contribution in [0, 0.1) is 5.82 Å². The van der Waals surface area contributed by atoms with Gasteiger partial charge in [-0.05, 0) is 28.9 Å². The van der Waals surface area contributed by atoms with Gasteiger partial charge in [-0.3, -0.25) is 0 Å². The van der Waals surface area contributed by atoms with E-state index in [4.69, 9.17) is 9.88 Å². The molecule has 2 N–H and O–H groups in total. The van der Waals surface area contributed by atoms with Gasteiger partial charge in [-0.25, -0.2) is 22.9 Å². The zero-order valence-electron chi connectivity index (χ0n) is 11.1. The van der Waals surface area contributed by atoms with Gasteiger partial charge in [-0.2, -0.15) is 0 Å². The molecular weight excluding hydrogens is 365 g/mol. The number of halogens is 2. The van der Waals surface area contributed by atoms with Crippen molar-refractivity contribution in [1.29, 1.82) is 0 Å². The lowest BCUT2D eigenvalue weighted by molar-refractivity contribution is 0.291. The van der Waals surface area contributed by atoms with Crippen LogP contribution in [0.2, 0.25) is 0 Å². The molecule has 0 bridgehead atoms. The van der Waals surface area contributed by atoms with Crippen molar-refractivity contribution in [3.8, 4) is 5.75 Å². The third-order valence-electron chi connectivity index (χ3n) is 2.81. The first-order chi connectivity index (χ1) is 9.82. The number of hydrogen-bond acceptors (Lipinski definition) is 4. The van der Waals surface area contributed by atoms with Gasteiger partial charge in [0.15, 0.2) is 0 Å². The van der Waals surface area contributed by atoms with Crippen molar-refractivity contribution in [3.05, 3.63) is 40.6 Å². The predicted molar refractivity (Wildman–Crippen MR) is 77.7 cm³/mol. The molecule has 0 fully saturated rings. The van der Waals surface area contributed by atoms with Crippen molar-refractivity contribution in [2.24, 2.45) is 5.14 Å². The standard InChI is InChI=1S/C12H13BrFN3O3S/c1-2-17-7-16-5-8(17)6-20-11-4-10(14)12(3-9(11)13)21(15,18)19/h3-5,7H,2,6H2,1H3,(H2,15,18,19). The maximum absolute atomic E-state index is 13.8. The summed E-state index contributed by atoms with van der Waals surface area (Å²) in [6.07, 6.45) is 3.31. The Kier molecular flexibility index (Phi) is 4.64. The van der Waals surface area contributed by atoms with Gasteiger partial charge in [0.05, 0.1) is 22.7 Å². The number of ether oxygens (including phenoxy) is 1. The molecular formula is C12H13BrFN3O3S. The van der Waals surface area contributed by atoms with Crippen LogP contribution >= 0.6 is 15.9 Å². The molecule has 2 rings (SSSR count). The fraction of sp³-hybridized carbons (Fsp3) is 0.250. The third-order valence-corrected chi connectivity index (χ3v) is 4.35. The summed E-state index contributed by atoms with van der Waals surface area (Å²) in [7, 11) is -4.12. The monoisotopic (exact) mass is 377 g/mol. The maximum atomic E-state index is 13.8. The van der Waals surface area contributed by atoms with Crippen molar-refractivity contribution < 1.29 is 17.5 Å². The quantitative estimate of drug-likeness (QED) is 0.863. The first-order valence-electron chi connectivity index (χ1n) is 5.96. The lowest BCUT2D eigenvalue weighted by Crippen LogP contribution is -2.14. The number of aryl methyl sites for hydroxylation is 1. The van der Waals surface area contributed by atoms with E-state index >= 15 is 0 Å². The highest BCUT2D eigenvalue weighted by atomic mass is 79.9. The number of nitrogens with zero attached hydrogens (tertiary/aromatic N) is 2. The first kappa shape index (κ1) is 15.9. The van der Waals surface area contributed by atoms with Crippen molar-refractivity contribution in [3.63, 3.8) is 0 Å². The van der Waals surface area contributed by atoms with Crippen molar-refractivity contribution in [2.75, 3.05) is 0 Å². The van der Waals surface area contributed by atoms with Gasteiger partial charge < -0.3 is 9.30 Å². The average Bonchev–Trinajstić information content (AvgIpc) is 2.85. The Morgan fingerprint density at radius 2 is 2.19 bits per heavy atom. The van der Waals surface area contributed by atoms with E-state index in [9.17, 15) is 12.8 Å². The summed E-state index contributed by atoms with van der Waals surface area (Å²) in [5, 5.41) is 4.92. The summed E-state index contributed by atoms with van der Waals surface area (Å²) >= 11 is 3.14. The molecule has 2 aromatic rings. The number of rotatable bonds is 5. The molecule has 1 aromatic carbocycles. The summed E-state index contributed by atoms with van der Waals surface area (Å²) in [4.78, 5) is 3.41. The number of hydrogen-bond donors (Lipinski definition) is 1. The minimum atomic E-state index is -4.12. The van der Waals surface area contributed by atoms with Crippen molar-refractivity contribution in [1.82, 2.24) is 9.55 Å². The molecule has 1 heterocycles. The third kappa shape index (κ3) is 3.60. The van der Waals surface area contributed by atoms with Crippen LogP contribution in [0.15, 0.2) is 34.0 Å². The molecule has 114 valence electrons. The van der Waals surface area contributed by atoms with Crippen LogP contribution < -0.4 is 9.88 Å². The van der Waals surface area contributed by atoms with Crippen molar-refractivity contribution >= 4 is 26.0 Å². The lowest BCUT2D eigenvalue weighted by Gasteiger charge is -2.11. The molecule has 0 saturated carbocycles. The number of sulfonamides is 1. The lowest BCUT2D eigenvalue weighted by atomic mass is 10.3. The summed E-state index contributed by atoms with van der Waals surface area (Å²) in [5.41, 5.74) is 0.820. The van der Waals surface area contributed by atoms with Gasteiger partial charge in [0, 0.05) is 12.6 Å². The molecule has 0 aliphatic heterocycles. The Balaban J connectivity index is 2.24. The predicted octanol–water partition coefficient (Wildman–Crippen LogP) is 2.03. The number of nitrogens with two attached hydrogens (primary N) is 1. The van der Waals surface area contributed by atoms with Gasteiger partial charge in [0.1, 0.15) is 23.1 Å². The minimum absolute atomic E-state index is 0.181. The smallest absolute Gasteiger partial charge is 0.241 e. The van der Waals surface area contributed by atoms with Crippen LogP contribution in [0.3, 0.4) is 0 Å². The molecule has 0 radical (unpaired) electrons. The Morgan fingerprint density at radius 1 is 1.48 bits per heavy atom. The second-order valence-corrected chi connectivity index (χ2v) is 6.60. The molecule has 0 saturated heterocycles. The molecule has 0 aliphatic carbocycles. The zero-order valence-corrected chi connectivity index (χ0v) is 13.5. The van der Waals surface area contributed by atoms with Gasteiger partial charge in [-0.15, -0.1) is 0 Å². The summed E-state index contributed by atoms with van der Waals surface area (Å²) in [6, 6.07) is 2.06. The normalized spacial score (nSPS) is 11.6. The van der Waals surface area contributed by atoms with Gasteiger partial charge >= 0.3 is 0 Å². The second kappa shape index (κ2) is 6.12.